The van der Waals surface area contributed by atoms with Crippen molar-refractivity contribution in [2.45, 2.75) is 50.5 Å². The Morgan fingerprint density at radius 2 is 1.84 bits per heavy atom. The van der Waals surface area contributed by atoms with Crippen molar-refractivity contribution < 1.29 is 19.0 Å². The number of amides is 1. The van der Waals surface area contributed by atoms with E-state index in [0.29, 0.717) is 25.7 Å². The average molecular weight is 345 g/mol. The first-order valence-electron chi connectivity index (χ1n) is 9.60. The fourth-order valence-corrected chi connectivity index (χ4v) is 4.31. The highest BCUT2D eigenvalue weighted by Gasteiger charge is 2.33. The molecule has 0 radical (unpaired) electrons. The Kier molecular flexibility index (Phi) is 5.11. The number of hydrogen-bond donors (Lipinski definition) is 1. The van der Waals surface area contributed by atoms with Gasteiger partial charge in [0, 0.05) is 13.2 Å². The summed E-state index contributed by atoms with van der Waals surface area (Å²) < 4.78 is 17.0. The van der Waals surface area contributed by atoms with Crippen LogP contribution >= 0.6 is 0 Å². The van der Waals surface area contributed by atoms with Gasteiger partial charge in [0.2, 0.25) is 5.91 Å². The van der Waals surface area contributed by atoms with Crippen molar-refractivity contribution in [2.24, 2.45) is 5.92 Å². The molecule has 5 nitrogen and oxygen atoms in total. The van der Waals surface area contributed by atoms with Crippen molar-refractivity contribution in [2.75, 3.05) is 26.4 Å². The van der Waals surface area contributed by atoms with E-state index >= 15 is 0 Å². The van der Waals surface area contributed by atoms with Gasteiger partial charge in [0.25, 0.3) is 0 Å². The van der Waals surface area contributed by atoms with Crippen LogP contribution in [0.5, 0.6) is 11.5 Å². The molecule has 2 aliphatic heterocycles. The molecule has 4 rings (SSSR count). The Hall–Kier alpha value is -1.75. The molecule has 136 valence electrons. The molecule has 2 unspecified atom stereocenters. The topological polar surface area (TPSA) is 56.8 Å². The van der Waals surface area contributed by atoms with Crippen LogP contribution in [0.3, 0.4) is 0 Å². The third kappa shape index (κ3) is 3.76. The lowest BCUT2D eigenvalue weighted by Crippen LogP contribution is -2.37. The van der Waals surface area contributed by atoms with Crippen molar-refractivity contribution in [3.05, 3.63) is 23.8 Å². The molecule has 5 heteroatoms. The molecule has 1 aromatic carbocycles. The van der Waals surface area contributed by atoms with Crippen molar-refractivity contribution >= 4 is 5.91 Å². The monoisotopic (exact) mass is 345 g/mol. The normalized spacial score (nSPS) is 24.2. The van der Waals surface area contributed by atoms with Gasteiger partial charge in [-0.2, -0.15) is 0 Å². The van der Waals surface area contributed by atoms with E-state index in [1.165, 1.54) is 12.8 Å². The summed E-state index contributed by atoms with van der Waals surface area (Å²) in [6.45, 7) is 2.58. The zero-order valence-corrected chi connectivity index (χ0v) is 14.7. The quantitative estimate of drug-likeness (QED) is 0.891. The second-order valence-corrected chi connectivity index (χ2v) is 7.31. The summed E-state index contributed by atoms with van der Waals surface area (Å²) in [6, 6.07) is 5.98. The third-order valence-corrected chi connectivity index (χ3v) is 5.61. The fraction of sp³-hybridized carbons (Fsp3) is 0.650. The van der Waals surface area contributed by atoms with Gasteiger partial charge < -0.3 is 19.5 Å². The van der Waals surface area contributed by atoms with E-state index in [0.717, 1.165) is 49.4 Å². The molecule has 3 aliphatic rings. The van der Waals surface area contributed by atoms with Crippen LogP contribution in [0, 0.1) is 5.92 Å². The summed E-state index contributed by atoms with van der Waals surface area (Å²) in [6.07, 6.45) is 6.97. The minimum absolute atomic E-state index is 0.111. The molecule has 0 spiro atoms. The second-order valence-electron chi connectivity index (χ2n) is 7.31. The lowest BCUT2D eigenvalue weighted by atomic mass is 9.84. The first kappa shape index (κ1) is 16.7. The number of ether oxygens (including phenoxy) is 3. The zero-order chi connectivity index (χ0) is 17.1. The predicted molar refractivity (Wildman–Crippen MR) is 94.1 cm³/mol. The van der Waals surface area contributed by atoms with Crippen LogP contribution in [0.2, 0.25) is 0 Å². The molecule has 1 saturated heterocycles. The Morgan fingerprint density at radius 1 is 1.04 bits per heavy atom. The molecule has 1 N–H and O–H groups in total. The lowest BCUT2D eigenvalue weighted by molar-refractivity contribution is -0.124. The number of hydrogen-bond acceptors (Lipinski definition) is 4. The number of benzene rings is 1. The van der Waals surface area contributed by atoms with Crippen LogP contribution in [-0.4, -0.2) is 38.4 Å². The van der Waals surface area contributed by atoms with Crippen LogP contribution in [0.15, 0.2) is 18.2 Å². The molecule has 1 amide bonds. The highest BCUT2D eigenvalue weighted by atomic mass is 16.6. The Morgan fingerprint density at radius 3 is 2.60 bits per heavy atom. The van der Waals surface area contributed by atoms with Crippen LogP contribution in [0.25, 0.3) is 0 Å². The molecular formula is C20H27NO4. The van der Waals surface area contributed by atoms with E-state index in [1.807, 2.05) is 18.2 Å². The number of carbonyl (C=O) groups excluding carboxylic acids is 1. The van der Waals surface area contributed by atoms with Crippen LogP contribution in [0.4, 0.5) is 0 Å². The second kappa shape index (κ2) is 7.65. The number of fused-ring (bicyclic) bond motifs is 1. The maximum Gasteiger partial charge on any atom is 0.227 e. The van der Waals surface area contributed by atoms with Gasteiger partial charge in [-0.15, -0.1) is 0 Å². The van der Waals surface area contributed by atoms with Gasteiger partial charge in [-0.25, -0.2) is 0 Å². The minimum atomic E-state index is -0.111. The summed E-state index contributed by atoms with van der Waals surface area (Å²) in [4.78, 5) is 13.0. The van der Waals surface area contributed by atoms with E-state index in [-0.39, 0.29) is 17.9 Å². The van der Waals surface area contributed by atoms with E-state index in [9.17, 15) is 4.79 Å². The van der Waals surface area contributed by atoms with Crippen LogP contribution in [-0.2, 0) is 9.53 Å². The lowest BCUT2D eigenvalue weighted by Gasteiger charge is -2.26. The number of rotatable bonds is 5. The van der Waals surface area contributed by atoms with E-state index < -0.39 is 0 Å². The molecule has 2 atom stereocenters. The van der Waals surface area contributed by atoms with E-state index in [2.05, 4.69) is 5.32 Å². The van der Waals surface area contributed by atoms with E-state index in [1.54, 1.807) is 0 Å². The SMILES string of the molecule is O=C(NCC1CCCO1)C(c1ccc2c(c1)OCCO2)C1CCCC1. The van der Waals surface area contributed by atoms with Crippen molar-refractivity contribution in [1.29, 1.82) is 0 Å². The first-order valence-corrected chi connectivity index (χ1v) is 9.60. The van der Waals surface area contributed by atoms with Crippen LogP contribution < -0.4 is 14.8 Å². The van der Waals surface area contributed by atoms with Gasteiger partial charge in [-0.1, -0.05) is 18.9 Å². The number of carbonyl (C=O) groups is 1. The molecule has 0 aromatic heterocycles. The zero-order valence-electron chi connectivity index (χ0n) is 14.7. The molecular weight excluding hydrogens is 318 g/mol. The minimum Gasteiger partial charge on any atom is -0.486 e. The van der Waals surface area contributed by atoms with E-state index in [4.69, 9.17) is 14.2 Å². The van der Waals surface area contributed by atoms with Gasteiger partial charge in [-0.3, -0.25) is 4.79 Å². The largest absolute Gasteiger partial charge is 0.486 e. The molecule has 0 bridgehead atoms. The highest BCUT2D eigenvalue weighted by molar-refractivity contribution is 5.84. The maximum atomic E-state index is 13.0. The van der Waals surface area contributed by atoms with Gasteiger partial charge >= 0.3 is 0 Å². The van der Waals surface area contributed by atoms with Crippen LogP contribution in [0.1, 0.15) is 50.0 Å². The highest BCUT2D eigenvalue weighted by Crippen LogP contribution is 2.40. The average Bonchev–Trinajstić information content (AvgIpc) is 3.34. The Balaban J connectivity index is 1.51. The van der Waals surface area contributed by atoms with Gasteiger partial charge in [0.1, 0.15) is 13.2 Å². The molecule has 1 aromatic rings. The third-order valence-electron chi connectivity index (χ3n) is 5.61. The van der Waals surface area contributed by atoms with Crippen molar-refractivity contribution in [3.8, 4) is 11.5 Å². The van der Waals surface area contributed by atoms with Gasteiger partial charge in [0.05, 0.1) is 12.0 Å². The molecule has 2 heterocycles. The summed E-state index contributed by atoms with van der Waals surface area (Å²) >= 11 is 0. The molecule has 1 aliphatic carbocycles. The summed E-state index contributed by atoms with van der Waals surface area (Å²) in [5.74, 6) is 1.96. The molecule has 2 fully saturated rings. The number of nitrogens with one attached hydrogen (secondary N) is 1. The smallest absolute Gasteiger partial charge is 0.227 e. The van der Waals surface area contributed by atoms with Crippen molar-refractivity contribution in [3.63, 3.8) is 0 Å². The van der Waals surface area contributed by atoms with Crippen molar-refractivity contribution in [1.82, 2.24) is 5.32 Å². The summed E-state index contributed by atoms with van der Waals surface area (Å²) in [7, 11) is 0. The predicted octanol–water partition coefficient (Wildman–Crippen LogP) is 3.03. The Labute approximate surface area is 149 Å². The van der Waals surface area contributed by atoms with Gasteiger partial charge in [0.15, 0.2) is 11.5 Å². The summed E-state index contributed by atoms with van der Waals surface area (Å²) in [5.41, 5.74) is 1.04. The first-order chi connectivity index (χ1) is 12.3. The van der Waals surface area contributed by atoms with Gasteiger partial charge in [-0.05, 0) is 49.3 Å². The maximum absolute atomic E-state index is 13.0. The standard InChI is InChI=1S/C20H27NO4/c22-20(21-13-16-6-3-9-23-16)19(14-4-1-2-5-14)15-7-8-17-18(12-15)25-11-10-24-17/h7-8,12,14,16,19H,1-6,9-11,13H2,(H,21,22). The fourth-order valence-electron chi connectivity index (χ4n) is 4.31. The Bertz CT molecular complexity index is 606. The molecule has 1 saturated carbocycles. The molecule has 25 heavy (non-hydrogen) atoms. The summed E-state index contributed by atoms with van der Waals surface area (Å²) in [5, 5.41) is 3.14.